The van der Waals surface area contributed by atoms with Crippen molar-refractivity contribution in [3.05, 3.63) is 59.3 Å². The highest BCUT2D eigenvalue weighted by Gasteiger charge is 2.30. The summed E-state index contributed by atoms with van der Waals surface area (Å²) in [5.74, 6) is 0.0959. The first-order chi connectivity index (χ1) is 10.9. The molecule has 0 atom stereocenters. The number of hydrogen-bond donors (Lipinski definition) is 1. The van der Waals surface area contributed by atoms with E-state index in [0.29, 0.717) is 16.7 Å². The van der Waals surface area contributed by atoms with Crippen LogP contribution in [0.4, 0.5) is 13.2 Å². The molecule has 23 heavy (non-hydrogen) atoms. The van der Waals surface area contributed by atoms with Gasteiger partial charge in [0, 0.05) is 10.9 Å². The number of carbonyl (C=O) groups is 1. The standard InChI is InChI=1S/C16H11F3N2O2/c1-23-11-6-7-13-12(8-11)14(21-20-13)15(22)9-2-4-10(5-3-9)16(17,18)19/h2-8H,1H3,(H,20,21). The van der Waals surface area contributed by atoms with Crippen molar-refractivity contribution < 1.29 is 22.7 Å². The number of benzene rings is 2. The second-order valence-corrected chi connectivity index (χ2v) is 4.89. The average Bonchev–Trinajstić information content (AvgIpc) is 2.96. The number of rotatable bonds is 3. The Hall–Kier alpha value is -2.83. The zero-order valence-electron chi connectivity index (χ0n) is 11.9. The first-order valence-corrected chi connectivity index (χ1v) is 6.64. The number of H-pyrrole nitrogens is 1. The molecule has 118 valence electrons. The molecule has 0 bridgehead atoms. The zero-order chi connectivity index (χ0) is 16.6. The van der Waals surface area contributed by atoms with Gasteiger partial charge in [-0.1, -0.05) is 12.1 Å². The van der Waals surface area contributed by atoms with Gasteiger partial charge in [-0.25, -0.2) is 0 Å². The maximum atomic E-state index is 12.6. The molecule has 4 nitrogen and oxygen atoms in total. The molecule has 3 rings (SSSR count). The van der Waals surface area contributed by atoms with Crippen LogP contribution in [0.1, 0.15) is 21.6 Å². The Labute approximate surface area is 128 Å². The number of carbonyl (C=O) groups excluding carboxylic acids is 1. The molecule has 0 unspecified atom stereocenters. The summed E-state index contributed by atoms with van der Waals surface area (Å²) in [6, 6.07) is 9.12. The van der Waals surface area contributed by atoms with Crippen LogP contribution in [0.5, 0.6) is 5.75 Å². The lowest BCUT2D eigenvalue weighted by molar-refractivity contribution is -0.137. The van der Waals surface area contributed by atoms with Crippen LogP contribution in [0.15, 0.2) is 42.5 Å². The number of halogens is 3. The topological polar surface area (TPSA) is 55.0 Å². The number of alkyl halides is 3. The van der Waals surface area contributed by atoms with E-state index in [1.807, 2.05) is 0 Å². The lowest BCUT2D eigenvalue weighted by Gasteiger charge is -2.06. The van der Waals surface area contributed by atoms with Crippen molar-refractivity contribution >= 4 is 16.7 Å². The number of aromatic amines is 1. The monoisotopic (exact) mass is 320 g/mol. The van der Waals surface area contributed by atoms with Gasteiger partial charge < -0.3 is 4.74 Å². The molecule has 1 N–H and O–H groups in total. The molecule has 1 aromatic heterocycles. The number of methoxy groups -OCH3 is 1. The quantitative estimate of drug-likeness (QED) is 0.746. The smallest absolute Gasteiger partial charge is 0.416 e. The molecule has 0 saturated carbocycles. The molecular weight excluding hydrogens is 309 g/mol. The third-order valence-electron chi connectivity index (χ3n) is 3.46. The third kappa shape index (κ3) is 2.77. The van der Waals surface area contributed by atoms with Crippen molar-refractivity contribution in [2.24, 2.45) is 0 Å². The van der Waals surface area contributed by atoms with E-state index in [-0.39, 0.29) is 11.3 Å². The average molecular weight is 320 g/mol. The normalized spacial score (nSPS) is 11.7. The van der Waals surface area contributed by atoms with Gasteiger partial charge in [0.1, 0.15) is 11.4 Å². The summed E-state index contributed by atoms with van der Waals surface area (Å²) >= 11 is 0. The zero-order valence-corrected chi connectivity index (χ0v) is 11.9. The molecular formula is C16H11F3N2O2. The van der Waals surface area contributed by atoms with E-state index in [1.165, 1.54) is 7.11 Å². The van der Waals surface area contributed by atoms with Gasteiger partial charge in [-0.15, -0.1) is 0 Å². The van der Waals surface area contributed by atoms with E-state index in [0.717, 1.165) is 24.3 Å². The fourth-order valence-electron chi connectivity index (χ4n) is 2.24. The van der Waals surface area contributed by atoms with Crippen molar-refractivity contribution in [2.75, 3.05) is 7.11 Å². The van der Waals surface area contributed by atoms with Crippen LogP contribution in [0.25, 0.3) is 10.9 Å². The second kappa shape index (κ2) is 5.42. The summed E-state index contributed by atoms with van der Waals surface area (Å²) in [7, 11) is 1.50. The summed E-state index contributed by atoms with van der Waals surface area (Å²) in [6.07, 6.45) is -4.44. The predicted octanol–water partition coefficient (Wildman–Crippen LogP) is 3.82. The van der Waals surface area contributed by atoms with Gasteiger partial charge in [0.15, 0.2) is 0 Å². The van der Waals surface area contributed by atoms with Crippen molar-refractivity contribution in [1.29, 1.82) is 0 Å². The number of ether oxygens (including phenoxy) is 1. The Balaban J connectivity index is 2.00. The molecule has 0 spiro atoms. The number of hydrogen-bond acceptors (Lipinski definition) is 3. The summed E-state index contributed by atoms with van der Waals surface area (Å²) in [5.41, 5.74) is 0.108. The second-order valence-electron chi connectivity index (χ2n) is 4.89. The van der Waals surface area contributed by atoms with E-state index in [9.17, 15) is 18.0 Å². The fourth-order valence-corrected chi connectivity index (χ4v) is 2.24. The molecule has 0 radical (unpaired) electrons. The minimum absolute atomic E-state index is 0.134. The molecule has 2 aromatic carbocycles. The Morgan fingerprint density at radius 3 is 2.43 bits per heavy atom. The van der Waals surface area contributed by atoms with E-state index >= 15 is 0 Å². The van der Waals surface area contributed by atoms with Crippen molar-refractivity contribution in [2.45, 2.75) is 6.18 Å². The highest BCUT2D eigenvalue weighted by molar-refractivity contribution is 6.14. The van der Waals surface area contributed by atoms with Crippen molar-refractivity contribution in [3.8, 4) is 5.75 Å². The van der Waals surface area contributed by atoms with E-state index < -0.39 is 17.5 Å². The lowest BCUT2D eigenvalue weighted by Crippen LogP contribution is -2.07. The van der Waals surface area contributed by atoms with Gasteiger partial charge in [-0.05, 0) is 30.3 Å². The maximum Gasteiger partial charge on any atom is 0.416 e. The third-order valence-corrected chi connectivity index (χ3v) is 3.46. The summed E-state index contributed by atoms with van der Waals surface area (Å²) in [5, 5.41) is 7.24. The van der Waals surface area contributed by atoms with Crippen LogP contribution in [0.3, 0.4) is 0 Å². The fraction of sp³-hybridized carbons (Fsp3) is 0.125. The predicted molar refractivity (Wildman–Crippen MR) is 77.5 cm³/mol. The number of nitrogens with zero attached hydrogens (tertiary/aromatic N) is 1. The van der Waals surface area contributed by atoms with Gasteiger partial charge >= 0.3 is 6.18 Å². The molecule has 3 aromatic rings. The van der Waals surface area contributed by atoms with Gasteiger partial charge in [0.25, 0.3) is 0 Å². The van der Waals surface area contributed by atoms with Crippen molar-refractivity contribution in [3.63, 3.8) is 0 Å². The molecule has 0 aliphatic heterocycles. The van der Waals surface area contributed by atoms with Gasteiger partial charge in [-0.3, -0.25) is 9.89 Å². The number of aromatic nitrogens is 2. The molecule has 0 aliphatic rings. The van der Waals surface area contributed by atoms with Crippen LogP contribution in [0.2, 0.25) is 0 Å². The van der Waals surface area contributed by atoms with Gasteiger partial charge in [-0.2, -0.15) is 18.3 Å². The van der Waals surface area contributed by atoms with Crippen LogP contribution in [-0.2, 0) is 6.18 Å². The molecule has 7 heteroatoms. The Morgan fingerprint density at radius 2 is 1.83 bits per heavy atom. The van der Waals surface area contributed by atoms with Crippen LogP contribution < -0.4 is 4.74 Å². The minimum atomic E-state index is -4.44. The Morgan fingerprint density at radius 1 is 1.13 bits per heavy atom. The molecule has 0 aliphatic carbocycles. The van der Waals surface area contributed by atoms with Crippen LogP contribution in [-0.4, -0.2) is 23.1 Å². The van der Waals surface area contributed by atoms with E-state index in [1.54, 1.807) is 18.2 Å². The lowest BCUT2D eigenvalue weighted by atomic mass is 10.0. The van der Waals surface area contributed by atoms with Gasteiger partial charge in [0.05, 0.1) is 18.2 Å². The largest absolute Gasteiger partial charge is 0.497 e. The molecule has 0 fully saturated rings. The first kappa shape index (κ1) is 15.1. The number of fused-ring (bicyclic) bond motifs is 1. The molecule has 0 saturated heterocycles. The highest BCUT2D eigenvalue weighted by Crippen LogP contribution is 2.30. The summed E-state index contributed by atoms with van der Waals surface area (Å²) in [4.78, 5) is 12.5. The SMILES string of the molecule is COc1ccc2[nH]nc(C(=O)c3ccc(C(F)(F)F)cc3)c2c1. The highest BCUT2D eigenvalue weighted by atomic mass is 19.4. The number of ketones is 1. The number of nitrogens with one attached hydrogen (secondary N) is 1. The summed E-state index contributed by atoms with van der Waals surface area (Å²) in [6.45, 7) is 0. The first-order valence-electron chi connectivity index (χ1n) is 6.64. The Bertz CT molecular complexity index is 867. The van der Waals surface area contributed by atoms with Crippen LogP contribution in [0, 0.1) is 0 Å². The van der Waals surface area contributed by atoms with Gasteiger partial charge in [0.2, 0.25) is 5.78 Å². The Kier molecular flexibility index (Phi) is 3.55. The van der Waals surface area contributed by atoms with E-state index in [4.69, 9.17) is 4.74 Å². The molecule has 0 amide bonds. The summed E-state index contributed by atoms with van der Waals surface area (Å²) < 4.78 is 42.8. The molecule has 1 heterocycles. The minimum Gasteiger partial charge on any atom is -0.497 e. The van der Waals surface area contributed by atoms with E-state index in [2.05, 4.69) is 10.2 Å². The maximum absolute atomic E-state index is 12.6. The van der Waals surface area contributed by atoms with Crippen LogP contribution >= 0.6 is 0 Å². The van der Waals surface area contributed by atoms with Crippen molar-refractivity contribution in [1.82, 2.24) is 10.2 Å².